The first-order valence-corrected chi connectivity index (χ1v) is 6.75. The van der Waals surface area contributed by atoms with Crippen LogP contribution < -0.4 is 10.6 Å². The van der Waals surface area contributed by atoms with Crippen molar-refractivity contribution in [2.24, 2.45) is 5.92 Å². The van der Waals surface area contributed by atoms with Gasteiger partial charge in [0.2, 0.25) is 0 Å². The fourth-order valence-electron chi connectivity index (χ4n) is 2.52. The van der Waals surface area contributed by atoms with E-state index in [1.54, 1.807) is 6.07 Å². The Morgan fingerprint density at radius 2 is 1.90 bits per heavy atom. The molecular formula is C14H16F4N2O. The second kappa shape index (κ2) is 6.32. The molecule has 0 saturated heterocycles. The Labute approximate surface area is 119 Å². The maximum absolute atomic E-state index is 13.4. The molecule has 0 unspecified atom stereocenters. The van der Waals surface area contributed by atoms with Crippen molar-refractivity contribution < 1.29 is 22.4 Å². The highest BCUT2D eigenvalue weighted by Gasteiger charge is 2.42. The first-order chi connectivity index (χ1) is 9.86. The van der Waals surface area contributed by atoms with Crippen LogP contribution in [0.3, 0.4) is 0 Å². The molecule has 116 valence electrons. The molecule has 1 aliphatic rings. The number of benzene rings is 1. The fraction of sp³-hybridized carbons (Fsp3) is 0.500. The van der Waals surface area contributed by atoms with Crippen LogP contribution in [0.15, 0.2) is 24.3 Å². The monoisotopic (exact) mass is 304 g/mol. The van der Waals surface area contributed by atoms with Crippen LogP contribution in [0.4, 0.5) is 28.0 Å². The van der Waals surface area contributed by atoms with E-state index in [9.17, 15) is 22.4 Å². The topological polar surface area (TPSA) is 41.1 Å². The first kappa shape index (κ1) is 15.6. The highest BCUT2D eigenvalue weighted by Crippen LogP contribution is 2.37. The van der Waals surface area contributed by atoms with Crippen LogP contribution in [0.5, 0.6) is 0 Å². The Kier molecular flexibility index (Phi) is 4.69. The Morgan fingerprint density at radius 1 is 1.19 bits per heavy atom. The van der Waals surface area contributed by atoms with Crippen molar-refractivity contribution in [2.45, 2.75) is 37.9 Å². The van der Waals surface area contributed by atoms with E-state index in [0.29, 0.717) is 12.8 Å². The third-order valence-electron chi connectivity index (χ3n) is 3.59. The molecule has 0 bridgehead atoms. The third-order valence-corrected chi connectivity index (χ3v) is 3.59. The minimum atomic E-state index is -4.23. The number of nitrogens with one attached hydrogen (secondary N) is 2. The maximum atomic E-state index is 13.4. The van der Waals surface area contributed by atoms with E-state index in [4.69, 9.17) is 0 Å². The summed E-state index contributed by atoms with van der Waals surface area (Å²) in [4.78, 5) is 11.7. The standard InChI is InChI=1S/C14H16F4N2O/c15-11-6-1-2-7-12(11)20-13(21)19-10-5-3-4-9(8-10)14(16,17)18/h1-2,6-7,9-10H,3-5,8H2,(H2,19,20,21)/t9-,10+/m1/s1. The van der Waals surface area contributed by atoms with E-state index in [1.165, 1.54) is 18.2 Å². The van der Waals surface area contributed by atoms with Gasteiger partial charge in [0.15, 0.2) is 0 Å². The van der Waals surface area contributed by atoms with Gasteiger partial charge in [-0.25, -0.2) is 9.18 Å². The lowest BCUT2D eigenvalue weighted by atomic mass is 9.85. The van der Waals surface area contributed by atoms with Gasteiger partial charge in [-0.3, -0.25) is 0 Å². The van der Waals surface area contributed by atoms with Crippen molar-refractivity contribution in [1.82, 2.24) is 5.32 Å². The SMILES string of the molecule is O=C(Nc1ccccc1F)N[C@H]1CCC[C@@H](C(F)(F)F)C1. The maximum Gasteiger partial charge on any atom is 0.391 e. The molecule has 21 heavy (non-hydrogen) atoms. The van der Waals surface area contributed by atoms with Crippen molar-refractivity contribution >= 4 is 11.7 Å². The predicted molar refractivity (Wildman–Crippen MR) is 70.4 cm³/mol. The number of hydrogen-bond donors (Lipinski definition) is 2. The van der Waals surface area contributed by atoms with E-state index in [1.807, 2.05) is 0 Å². The summed E-state index contributed by atoms with van der Waals surface area (Å²) >= 11 is 0. The van der Waals surface area contributed by atoms with Crippen molar-refractivity contribution in [1.29, 1.82) is 0 Å². The van der Waals surface area contributed by atoms with Gasteiger partial charge in [0, 0.05) is 6.04 Å². The van der Waals surface area contributed by atoms with Crippen molar-refractivity contribution in [3.05, 3.63) is 30.1 Å². The summed E-state index contributed by atoms with van der Waals surface area (Å²) in [7, 11) is 0. The fourth-order valence-corrected chi connectivity index (χ4v) is 2.52. The quantitative estimate of drug-likeness (QED) is 0.795. The molecule has 2 rings (SSSR count). The molecule has 1 aromatic carbocycles. The molecule has 1 saturated carbocycles. The third kappa shape index (κ3) is 4.34. The lowest BCUT2D eigenvalue weighted by Gasteiger charge is -2.31. The molecule has 2 amide bonds. The molecule has 1 aliphatic carbocycles. The molecule has 2 N–H and O–H groups in total. The predicted octanol–water partition coefficient (Wildman–Crippen LogP) is 4.07. The summed E-state index contributed by atoms with van der Waals surface area (Å²) in [5.41, 5.74) is -0.00168. The zero-order valence-corrected chi connectivity index (χ0v) is 11.2. The van der Waals surface area contributed by atoms with Crippen molar-refractivity contribution in [3.8, 4) is 0 Å². The minimum Gasteiger partial charge on any atom is -0.335 e. The molecule has 7 heteroatoms. The molecule has 0 aliphatic heterocycles. The minimum absolute atomic E-state index is 0.00168. The zero-order chi connectivity index (χ0) is 15.5. The molecule has 0 radical (unpaired) electrons. The number of amides is 2. The molecule has 1 fully saturated rings. The van der Waals surface area contributed by atoms with E-state index >= 15 is 0 Å². The van der Waals surface area contributed by atoms with Gasteiger partial charge < -0.3 is 10.6 Å². The molecule has 0 spiro atoms. The van der Waals surface area contributed by atoms with E-state index < -0.39 is 30.0 Å². The van der Waals surface area contributed by atoms with Gasteiger partial charge in [-0.15, -0.1) is 0 Å². The average molecular weight is 304 g/mol. The number of carbonyl (C=O) groups excluding carboxylic acids is 1. The van der Waals surface area contributed by atoms with Gasteiger partial charge in [-0.1, -0.05) is 18.6 Å². The average Bonchev–Trinajstić information content (AvgIpc) is 2.41. The summed E-state index contributed by atoms with van der Waals surface area (Å²) < 4.78 is 51.4. The lowest BCUT2D eigenvalue weighted by molar-refractivity contribution is -0.183. The summed E-state index contributed by atoms with van der Waals surface area (Å²) in [5.74, 6) is -1.98. The number of hydrogen-bond acceptors (Lipinski definition) is 1. The van der Waals surface area contributed by atoms with Crippen LogP contribution in [-0.4, -0.2) is 18.2 Å². The van der Waals surface area contributed by atoms with Crippen molar-refractivity contribution in [3.63, 3.8) is 0 Å². The highest BCUT2D eigenvalue weighted by atomic mass is 19.4. The number of carbonyl (C=O) groups is 1. The highest BCUT2D eigenvalue weighted by molar-refractivity contribution is 5.89. The van der Waals surface area contributed by atoms with E-state index in [-0.39, 0.29) is 18.5 Å². The van der Waals surface area contributed by atoms with Gasteiger partial charge in [-0.05, 0) is 31.4 Å². The van der Waals surface area contributed by atoms with Crippen LogP contribution >= 0.6 is 0 Å². The Hall–Kier alpha value is -1.79. The number of anilines is 1. The Balaban J connectivity index is 1.89. The number of para-hydroxylation sites is 1. The van der Waals surface area contributed by atoms with E-state index in [0.717, 1.165) is 0 Å². The van der Waals surface area contributed by atoms with E-state index in [2.05, 4.69) is 10.6 Å². The summed E-state index contributed by atoms with van der Waals surface area (Å²) in [6.45, 7) is 0. The second-order valence-corrected chi connectivity index (χ2v) is 5.18. The second-order valence-electron chi connectivity index (χ2n) is 5.18. The van der Waals surface area contributed by atoms with Gasteiger partial charge in [-0.2, -0.15) is 13.2 Å². The summed E-state index contributed by atoms with van der Waals surface area (Å²) in [5, 5.41) is 4.78. The van der Waals surface area contributed by atoms with Gasteiger partial charge in [0.1, 0.15) is 5.82 Å². The van der Waals surface area contributed by atoms with Crippen LogP contribution in [-0.2, 0) is 0 Å². The van der Waals surface area contributed by atoms with Crippen LogP contribution in [0.25, 0.3) is 0 Å². The Morgan fingerprint density at radius 3 is 2.57 bits per heavy atom. The van der Waals surface area contributed by atoms with Crippen LogP contribution in [0, 0.1) is 11.7 Å². The van der Waals surface area contributed by atoms with Crippen LogP contribution in [0.2, 0.25) is 0 Å². The number of halogens is 4. The van der Waals surface area contributed by atoms with Gasteiger partial charge in [0.05, 0.1) is 11.6 Å². The zero-order valence-electron chi connectivity index (χ0n) is 11.2. The molecule has 0 aromatic heterocycles. The van der Waals surface area contributed by atoms with Gasteiger partial charge >= 0.3 is 12.2 Å². The largest absolute Gasteiger partial charge is 0.391 e. The van der Waals surface area contributed by atoms with Crippen molar-refractivity contribution in [2.75, 3.05) is 5.32 Å². The van der Waals surface area contributed by atoms with Crippen LogP contribution in [0.1, 0.15) is 25.7 Å². The molecule has 0 heterocycles. The number of rotatable bonds is 2. The summed E-state index contributed by atoms with van der Waals surface area (Å²) in [6, 6.07) is 4.38. The lowest BCUT2D eigenvalue weighted by Crippen LogP contribution is -2.43. The first-order valence-electron chi connectivity index (χ1n) is 6.75. The Bertz CT molecular complexity index is 504. The molecular weight excluding hydrogens is 288 g/mol. The number of urea groups is 1. The molecule has 3 nitrogen and oxygen atoms in total. The summed E-state index contributed by atoms with van der Waals surface area (Å²) in [6.07, 6.45) is -3.36. The molecule has 1 aromatic rings. The molecule has 2 atom stereocenters. The normalized spacial score (nSPS) is 22.7. The van der Waals surface area contributed by atoms with Gasteiger partial charge in [0.25, 0.3) is 0 Å². The number of alkyl halides is 3. The smallest absolute Gasteiger partial charge is 0.335 e.